The highest BCUT2D eigenvalue weighted by Gasteiger charge is 2.26. The van der Waals surface area contributed by atoms with E-state index in [0.29, 0.717) is 21.7 Å². The van der Waals surface area contributed by atoms with Crippen molar-refractivity contribution in [3.05, 3.63) is 112 Å². The molecule has 0 radical (unpaired) electrons. The quantitative estimate of drug-likeness (QED) is 0.370. The number of ketones is 2. The summed E-state index contributed by atoms with van der Waals surface area (Å²) < 4.78 is 0. The van der Waals surface area contributed by atoms with Gasteiger partial charge in [0.2, 0.25) is 0 Å². The molecule has 0 unspecified atom stereocenters. The maximum atomic E-state index is 12.7. The highest BCUT2D eigenvalue weighted by molar-refractivity contribution is 6.31. The molecule has 25 heavy (non-hydrogen) atoms. The van der Waals surface area contributed by atoms with E-state index < -0.39 is 0 Å². The van der Waals surface area contributed by atoms with Crippen LogP contribution < -0.4 is 0 Å². The van der Waals surface area contributed by atoms with Crippen LogP contribution in [0, 0.1) is 0 Å². The SMILES string of the molecule is O=C(C=C1c2ccccc2C(=O)c2ccccc21)c1cccc(Cl)c1. The normalized spacial score (nSPS) is 12.4. The van der Waals surface area contributed by atoms with E-state index in [2.05, 4.69) is 0 Å². The third kappa shape index (κ3) is 2.71. The fourth-order valence-corrected chi connectivity index (χ4v) is 3.32. The monoisotopic (exact) mass is 344 g/mol. The van der Waals surface area contributed by atoms with Gasteiger partial charge >= 0.3 is 0 Å². The van der Waals surface area contributed by atoms with Gasteiger partial charge in [0.1, 0.15) is 0 Å². The molecule has 1 aliphatic rings. The Hall–Kier alpha value is -2.97. The zero-order valence-corrected chi connectivity index (χ0v) is 14.0. The van der Waals surface area contributed by atoms with Crippen LogP contribution in [0.25, 0.3) is 5.57 Å². The largest absolute Gasteiger partial charge is 0.289 e. The van der Waals surface area contributed by atoms with Crippen LogP contribution in [0.2, 0.25) is 5.02 Å². The van der Waals surface area contributed by atoms with Gasteiger partial charge in [-0.1, -0.05) is 72.3 Å². The van der Waals surface area contributed by atoms with Gasteiger partial charge in [-0.25, -0.2) is 0 Å². The van der Waals surface area contributed by atoms with Crippen molar-refractivity contribution in [2.75, 3.05) is 0 Å². The molecule has 0 atom stereocenters. The molecule has 0 amide bonds. The van der Waals surface area contributed by atoms with E-state index in [-0.39, 0.29) is 11.6 Å². The van der Waals surface area contributed by atoms with Gasteiger partial charge in [-0.3, -0.25) is 9.59 Å². The highest BCUT2D eigenvalue weighted by Crippen LogP contribution is 2.35. The average molecular weight is 345 g/mol. The minimum Gasteiger partial charge on any atom is -0.289 e. The van der Waals surface area contributed by atoms with E-state index in [4.69, 9.17) is 11.6 Å². The van der Waals surface area contributed by atoms with Crippen molar-refractivity contribution in [1.82, 2.24) is 0 Å². The summed E-state index contributed by atoms with van der Waals surface area (Å²) in [5.41, 5.74) is 4.07. The Labute approximate surface area is 150 Å². The van der Waals surface area contributed by atoms with E-state index >= 15 is 0 Å². The molecule has 2 nitrogen and oxygen atoms in total. The Morgan fingerprint density at radius 1 is 0.760 bits per heavy atom. The van der Waals surface area contributed by atoms with Crippen LogP contribution in [0.5, 0.6) is 0 Å². The molecule has 4 rings (SSSR count). The first-order valence-electron chi connectivity index (χ1n) is 7.90. The highest BCUT2D eigenvalue weighted by atomic mass is 35.5. The molecular formula is C22H13ClO2. The number of allylic oxidation sites excluding steroid dienone is 1. The molecule has 3 aromatic rings. The first-order chi connectivity index (χ1) is 12.1. The Kier molecular flexibility index (Phi) is 3.83. The van der Waals surface area contributed by atoms with Gasteiger partial charge in [0.25, 0.3) is 0 Å². The van der Waals surface area contributed by atoms with E-state index in [1.54, 1.807) is 42.5 Å². The molecule has 3 aromatic carbocycles. The molecule has 0 saturated heterocycles. The van der Waals surface area contributed by atoms with Gasteiger partial charge in [-0.15, -0.1) is 0 Å². The number of carbonyl (C=O) groups excluding carboxylic acids is 2. The van der Waals surface area contributed by atoms with Gasteiger partial charge in [0.05, 0.1) is 0 Å². The number of halogens is 1. The third-order valence-electron chi connectivity index (χ3n) is 4.31. The lowest BCUT2D eigenvalue weighted by Crippen LogP contribution is -2.15. The molecule has 0 spiro atoms. The maximum absolute atomic E-state index is 12.7. The van der Waals surface area contributed by atoms with Crippen LogP contribution in [0.1, 0.15) is 37.4 Å². The fraction of sp³-hybridized carbons (Fsp3) is 0. The summed E-state index contributed by atoms with van der Waals surface area (Å²) >= 11 is 6.00. The summed E-state index contributed by atoms with van der Waals surface area (Å²) in [6.07, 6.45) is 1.59. The van der Waals surface area contributed by atoms with Crippen LogP contribution in [-0.2, 0) is 0 Å². The summed E-state index contributed by atoms with van der Waals surface area (Å²) in [7, 11) is 0. The second-order valence-electron chi connectivity index (χ2n) is 5.85. The molecule has 0 saturated carbocycles. The van der Waals surface area contributed by atoms with E-state index in [9.17, 15) is 9.59 Å². The van der Waals surface area contributed by atoms with Gasteiger partial charge in [0, 0.05) is 21.7 Å². The molecule has 0 heterocycles. The zero-order valence-electron chi connectivity index (χ0n) is 13.2. The van der Waals surface area contributed by atoms with Crippen LogP contribution >= 0.6 is 11.6 Å². The number of benzene rings is 3. The van der Waals surface area contributed by atoms with Gasteiger partial charge in [-0.05, 0) is 34.9 Å². The number of rotatable bonds is 2. The minimum absolute atomic E-state index is 0.0152. The first-order valence-corrected chi connectivity index (χ1v) is 8.28. The van der Waals surface area contributed by atoms with Crippen molar-refractivity contribution in [3.8, 4) is 0 Å². The zero-order chi connectivity index (χ0) is 17.4. The van der Waals surface area contributed by atoms with Crippen LogP contribution in [0.3, 0.4) is 0 Å². The molecule has 0 bridgehead atoms. The third-order valence-corrected chi connectivity index (χ3v) is 4.54. The van der Waals surface area contributed by atoms with Crippen molar-refractivity contribution in [2.24, 2.45) is 0 Å². The molecule has 0 fully saturated rings. The minimum atomic E-state index is -0.142. The first kappa shape index (κ1) is 15.6. The topological polar surface area (TPSA) is 34.1 Å². The van der Waals surface area contributed by atoms with Crippen LogP contribution in [0.15, 0.2) is 78.9 Å². The van der Waals surface area contributed by atoms with Crippen molar-refractivity contribution >= 4 is 28.7 Å². The smallest absolute Gasteiger partial charge is 0.194 e. The Bertz CT molecular complexity index is 996. The molecule has 0 aliphatic heterocycles. The van der Waals surface area contributed by atoms with Crippen LogP contribution in [0.4, 0.5) is 0 Å². The molecule has 0 N–H and O–H groups in total. The predicted octanol–water partition coefficient (Wildman–Crippen LogP) is 5.20. The lowest BCUT2D eigenvalue weighted by atomic mass is 9.81. The molecule has 3 heteroatoms. The summed E-state index contributed by atoms with van der Waals surface area (Å²) in [4.78, 5) is 25.5. The van der Waals surface area contributed by atoms with Gasteiger partial charge < -0.3 is 0 Å². The van der Waals surface area contributed by atoms with Gasteiger partial charge in [0.15, 0.2) is 11.6 Å². The van der Waals surface area contributed by atoms with E-state index in [1.807, 2.05) is 36.4 Å². The second-order valence-corrected chi connectivity index (χ2v) is 6.29. The van der Waals surface area contributed by atoms with E-state index in [1.165, 1.54) is 0 Å². The van der Waals surface area contributed by atoms with E-state index in [0.717, 1.165) is 16.7 Å². The molecule has 1 aliphatic carbocycles. The van der Waals surface area contributed by atoms with Crippen molar-refractivity contribution in [3.63, 3.8) is 0 Å². The lowest BCUT2D eigenvalue weighted by Gasteiger charge is -2.21. The average Bonchev–Trinajstić information content (AvgIpc) is 2.65. The van der Waals surface area contributed by atoms with Gasteiger partial charge in [-0.2, -0.15) is 0 Å². The summed E-state index contributed by atoms with van der Waals surface area (Å²) in [6, 6.07) is 21.6. The fourth-order valence-electron chi connectivity index (χ4n) is 3.13. The lowest BCUT2D eigenvalue weighted by molar-refractivity contribution is 0.103. The molecule has 0 aromatic heterocycles. The Balaban J connectivity index is 1.91. The maximum Gasteiger partial charge on any atom is 0.194 e. The summed E-state index contributed by atoms with van der Waals surface area (Å²) in [5.74, 6) is -0.157. The summed E-state index contributed by atoms with van der Waals surface area (Å²) in [5, 5.41) is 0.517. The standard InChI is InChI=1S/C22H13ClO2/c23-15-7-5-6-14(12-15)21(24)13-20-16-8-1-3-10-18(16)22(25)19-11-4-2-9-17(19)20/h1-13H. The number of hydrogen-bond donors (Lipinski definition) is 0. The summed E-state index contributed by atoms with van der Waals surface area (Å²) in [6.45, 7) is 0. The number of carbonyl (C=O) groups is 2. The van der Waals surface area contributed by atoms with Crippen molar-refractivity contribution in [2.45, 2.75) is 0 Å². The second kappa shape index (κ2) is 6.15. The Morgan fingerprint density at radius 3 is 1.88 bits per heavy atom. The predicted molar refractivity (Wildman–Crippen MR) is 99.2 cm³/mol. The number of fused-ring (bicyclic) bond motifs is 2. The van der Waals surface area contributed by atoms with Crippen molar-refractivity contribution in [1.29, 1.82) is 0 Å². The number of hydrogen-bond acceptors (Lipinski definition) is 2. The van der Waals surface area contributed by atoms with Crippen LogP contribution in [-0.4, -0.2) is 11.6 Å². The van der Waals surface area contributed by atoms with Crippen molar-refractivity contribution < 1.29 is 9.59 Å². The Morgan fingerprint density at radius 2 is 1.32 bits per heavy atom. The molecular weight excluding hydrogens is 332 g/mol. The molecule has 120 valence electrons.